The molecule has 0 amide bonds. The third kappa shape index (κ3) is 5.12. The zero-order chi connectivity index (χ0) is 22.2. The molecule has 0 N–H and O–H groups in total. The Labute approximate surface area is 188 Å². The lowest BCUT2D eigenvalue weighted by molar-refractivity contribution is -0.154. The van der Waals surface area contributed by atoms with E-state index in [2.05, 4.69) is 54.2 Å². The zero-order valence-electron chi connectivity index (χ0n) is 19.2. The van der Waals surface area contributed by atoms with Crippen molar-refractivity contribution in [2.75, 3.05) is 37.0 Å². The molecule has 2 aliphatic rings. The van der Waals surface area contributed by atoms with Crippen LogP contribution in [0.3, 0.4) is 0 Å². The average Bonchev–Trinajstić information content (AvgIpc) is 2.69. The first kappa shape index (κ1) is 21.9. The van der Waals surface area contributed by atoms with Crippen LogP contribution < -0.4 is 15.2 Å². The van der Waals surface area contributed by atoms with Gasteiger partial charge in [-0.15, -0.1) is 0 Å². The van der Waals surface area contributed by atoms with Gasteiger partial charge in [0.15, 0.2) is 0 Å². The van der Waals surface area contributed by atoms with E-state index in [0.717, 1.165) is 43.4 Å². The van der Waals surface area contributed by atoms with Crippen LogP contribution in [0.5, 0.6) is 0 Å². The molecule has 31 heavy (non-hydrogen) atoms. The third-order valence-electron chi connectivity index (χ3n) is 5.58. The molecule has 2 aliphatic heterocycles. The highest BCUT2D eigenvalue weighted by molar-refractivity contribution is 7.91. The number of fused-ring (bicyclic) bond motifs is 3. The zero-order valence-corrected chi connectivity index (χ0v) is 20.1. The molecule has 0 saturated heterocycles. The van der Waals surface area contributed by atoms with Crippen molar-refractivity contribution in [3.05, 3.63) is 45.8 Å². The number of ether oxygens (including phenoxy) is 1. The Bertz CT molecular complexity index is 1120. The van der Waals surface area contributed by atoms with Crippen molar-refractivity contribution in [1.82, 2.24) is 0 Å². The van der Waals surface area contributed by atoms with Gasteiger partial charge in [0.25, 0.3) is 0 Å². The maximum Gasteiger partial charge on any atom is 0.306 e. The summed E-state index contributed by atoms with van der Waals surface area (Å²) in [6.45, 7) is 7.66. The Balaban J connectivity index is 1.55. The Morgan fingerprint density at radius 2 is 2.03 bits per heavy atom. The van der Waals surface area contributed by atoms with Gasteiger partial charge in [0.05, 0.1) is 11.0 Å². The topological polar surface area (TPSA) is 45.1 Å². The second kappa shape index (κ2) is 8.65. The van der Waals surface area contributed by atoms with E-state index >= 15 is 0 Å². The van der Waals surface area contributed by atoms with Crippen LogP contribution in [0.4, 0.5) is 17.1 Å². The van der Waals surface area contributed by atoms with E-state index < -0.39 is 5.60 Å². The van der Waals surface area contributed by atoms with E-state index in [9.17, 15) is 4.79 Å². The molecule has 2 aromatic carbocycles. The summed E-state index contributed by atoms with van der Waals surface area (Å²) < 4.78 is 6.72. The fraction of sp³-hybridized carbons (Fsp3) is 0.480. The number of aryl methyl sites for hydroxylation is 1. The number of benzene rings is 2. The minimum Gasteiger partial charge on any atom is -0.460 e. The summed E-state index contributed by atoms with van der Waals surface area (Å²) in [6.07, 6.45) is 3.49. The van der Waals surface area contributed by atoms with Gasteiger partial charge in [-0.25, -0.2) is 4.99 Å². The number of hydrogen-bond acceptors (Lipinski definition) is 5. The first-order valence-electron chi connectivity index (χ1n) is 11.1. The molecule has 2 heterocycles. The van der Waals surface area contributed by atoms with Gasteiger partial charge < -0.3 is 14.5 Å². The van der Waals surface area contributed by atoms with Crippen molar-refractivity contribution < 1.29 is 9.53 Å². The van der Waals surface area contributed by atoms with Gasteiger partial charge >= 0.3 is 5.97 Å². The van der Waals surface area contributed by atoms with E-state index in [1.165, 1.54) is 37.7 Å². The van der Waals surface area contributed by atoms with Crippen LogP contribution in [0.25, 0.3) is 0 Å². The number of esters is 1. The highest BCUT2D eigenvalue weighted by atomic mass is 32.1. The van der Waals surface area contributed by atoms with Gasteiger partial charge in [0, 0.05) is 54.4 Å². The van der Waals surface area contributed by atoms with Gasteiger partial charge in [0.2, 0.25) is 0 Å². The molecule has 0 radical (unpaired) electrons. The largest absolute Gasteiger partial charge is 0.460 e. The van der Waals surface area contributed by atoms with Crippen LogP contribution >= 0.6 is 11.4 Å². The Kier molecular flexibility index (Phi) is 6.11. The van der Waals surface area contributed by atoms with Crippen LogP contribution in [0, 0.1) is 4.51 Å². The molecule has 0 bridgehead atoms. The number of carbonyl (C=O) groups excluding carboxylic acids is 1. The summed E-state index contributed by atoms with van der Waals surface area (Å²) >= 11 is 1.21. The molecule has 2 aromatic rings. The number of carbonyl (C=O) groups is 1. The second-order valence-electron chi connectivity index (χ2n) is 9.54. The summed E-state index contributed by atoms with van der Waals surface area (Å²) in [5, 5.41) is 1.10. The minimum absolute atomic E-state index is 0.110. The Morgan fingerprint density at radius 3 is 2.77 bits per heavy atom. The normalized spacial score (nSPS) is 14.8. The van der Waals surface area contributed by atoms with E-state index in [1.54, 1.807) is 0 Å². The Morgan fingerprint density at radius 1 is 1.23 bits per heavy atom. The molecule has 0 spiro atoms. The highest BCUT2D eigenvalue weighted by Gasteiger charge is 2.20. The van der Waals surface area contributed by atoms with Gasteiger partial charge in [-0.05, 0) is 75.9 Å². The molecule has 0 fully saturated rings. The molecule has 0 unspecified atom stereocenters. The number of hydrogen-bond donors (Lipinski definition) is 1. The van der Waals surface area contributed by atoms with E-state index in [0.29, 0.717) is 6.42 Å². The van der Waals surface area contributed by atoms with Crippen LogP contribution in [0.1, 0.15) is 45.6 Å². The van der Waals surface area contributed by atoms with Crippen molar-refractivity contribution in [2.24, 2.45) is 4.99 Å². The fourth-order valence-corrected chi connectivity index (χ4v) is 5.25. The van der Waals surface area contributed by atoms with Crippen molar-refractivity contribution in [1.29, 1.82) is 0 Å². The van der Waals surface area contributed by atoms with Crippen molar-refractivity contribution in [2.45, 2.75) is 57.0 Å². The fourth-order valence-electron chi connectivity index (χ4n) is 4.14. The van der Waals surface area contributed by atoms with Crippen LogP contribution in [-0.2, 0) is 16.0 Å². The third-order valence-corrected chi connectivity index (χ3v) is 6.78. The maximum atomic E-state index is 12.1. The van der Waals surface area contributed by atoms with E-state index in [4.69, 9.17) is 9.73 Å². The molecule has 0 atom stereocenters. The summed E-state index contributed by atoms with van der Waals surface area (Å²) in [4.78, 5) is 22.8. The average molecular weight is 440 g/mol. The Hall–Kier alpha value is -2.34. The molecule has 5 nitrogen and oxygen atoms in total. The summed E-state index contributed by atoms with van der Waals surface area (Å²) in [5.74, 6) is -0.110. The van der Waals surface area contributed by atoms with E-state index in [1.807, 2.05) is 20.8 Å². The molecule has 0 aliphatic carbocycles. The molecular weight excluding hydrogens is 406 g/mol. The van der Waals surface area contributed by atoms with Crippen molar-refractivity contribution >= 4 is 34.4 Å². The predicted molar refractivity (Wildman–Crippen MR) is 130 cm³/mol. The summed E-state index contributed by atoms with van der Waals surface area (Å²) in [5.41, 5.74) is 4.54. The second-order valence-corrected chi connectivity index (χ2v) is 10.7. The molecule has 6 heteroatoms. The lowest BCUT2D eigenvalue weighted by atomic mass is 10.0. The highest BCUT2D eigenvalue weighted by Crippen LogP contribution is 2.34. The minimum atomic E-state index is -0.417. The molecule has 0 aromatic heterocycles. The van der Waals surface area contributed by atoms with Gasteiger partial charge in [-0.2, -0.15) is 11.4 Å². The predicted octanol–water partition coefficient (Wildman–Crippen LogP) is 4.67. The van der Waals surface area contributed by atoms with Crippen molar-refractivity contribution in [3.8, 4) is 0 Å². The van der Waals surface area contributed by atoms with Crippen LogP contribution in [0.2, 0.25) is 0 Å². The lowest BCUT2D eigenvalue weighted by Crippen LogP contribution is -2.32. The summed E-state index contributed by atoms with van der Waals surface area (Å²) in [6, 6.07) is 11.1. The molecule has 4 rings (SSSR count). The first-order chi connectivity index (χ1) is 14.7. The van der Waals surface area contributed by atoms with Crippen LogP contribution in [0.15, 0.2) is 40.2 Å². The summed E-state index contributed by atoms with van der Waals surface area (Å²) in [7, 11) is 4.14. The van der Waals surface area contributed by atoms with Gasteiger partial charge in [-0.1, -0.05) is 0 Å². The lowest BCUT2D eigenvalue weighted by Gasteiger charge is -2.31. The maximum absolute atomic E-state index is 12.1. The molecule has 166 valence electrons. The number of anilines is 2. The first-order valence-corrected chi connectivity index (χ1v) is 12.0. The molecular formula is C25H33N3O2S. The number of rotatable bonds is 5. The SMILES string of the molecule is CN(C)c1ccc2c(c1)[SH]=c1cc3c(cc1=N2)CCCN3CCCC(=O)OC(C)(C)C. The number of nitrogens with zero attached hydrogens (tertiary/aromatic N) is 3. The van der Waals surface area contributed by atoms with Crippen LogP contribution in [-0.4, -0.2) is 38.8 Å². The van der Waals surface area contributed by atoms with Gasteiger partial charge in [0.1, 0.15) is 5.60 Å². The number of thiol groups is 1. The van der Waals surface area contributed by atoms with E-state index in [-0.39, 0.29) is 5.97 Å². The standard InChI is InChI=1S/C25H33N3O2S/c1-25(2,3)30-24(29)9-7-13-28-12-6-8-17-14-20-23(16-21(17)28)31-22-15-18(27(4)5)10-11-19(22)26-20/h10-11,14-16,31H,6-9,12-13H2,1-5H3. The monoisotopic (exact) mass is 439 g/mol. The quantitative estimate of drug-likeness (QED) is 0.357. The van der Waals surface area contributed by atoms with Gasteiger partial charge in [-0.3, -0.25) is 4.79 Å². The van der Waals surface area contributed by atoms with Crippen molar-refractivity contribution in [3.63, 3.8) is 0 Å². The smallest absolute Gasteiger partial charge is 0.306 e. The molecule has 0 saturated carbocycles.